The van der Waals surface area contributed by atoms with Crippen molar-refractivity contribution in [3.63, 3.8) is 0 Å². The monoisotopic (exact) mass is 269 g/mol. The Labute approximate surface area is 119 Å². The van der Waals surface area contributed by atoms with Crippen LogP contribution in [0.15, 0.2) is 42.6 Å². The minimum absolute atomic E-state index is 0.147. The summed E-state index contributed by atoms with van der Waals surface area (Å²) in [6.07, 6.45) is 1.59. The Morgan fingerprint density at radius 3 is 2.70 bits per heavy atom. The van der Waals surface area contributed by atoms with Gasteiger partial charge in [-0.1, -0.05) is 12.1 Å². The van der Waals surface area contributed by atoms with Crippen LogP contribution in [0.4, 0.5) is 5.69 Å². The molecular formula is C16H19N3O. The van der Waals surface area contributed by atoms with Crippen molar-refractivity contribution < 1.29 is 4.79 Å². The molecule has 0 radical (unpaired) electrons. The third-order valence-corrected chi connectivity index (χ3v) is 3.25. The Hall–Kier alpha value is -2.20. The van der Waals surface area contributed by atoms with E-state index in [1.54, 1.807) is 12.3 Å². The van der Waals surface area contributed by atoms with Gasteiger partial charge in [0, 0.05) is 23.6 Å². The van der Waals surface area contributed by atoms with E-state index in [9.17, 15) is 4.79 Å². The Kier molecular flexibility index (Phi) is 4.48. The first-order valence-electron chi connectivity index (χ1n) is 6.61. The number of rotatable bonds is 4. The summed E-state index contributed by atoms with van der Waals surface area (Å²) in [5.41, 5.74) is 3.37. The van der Waals surface area contributed by atoms with Crippen molar-refractivity contribution >= 4 is 11.6 Å². The number of anilines is 1. The van der Waals surface area contributed by atoms with Crippen LogP contribution in [0, 0.1) is 6.92 Å². The first kappa shape index (κ1) is 14.2. The molecule has 0 saturated carbocycles. The molecule has 0 aliphatic rings. The summed E-state index contributed by atoms with van der Waals surface area (Å²) in [7, 11) is 1.91. The number of benzene rings is 1. The smallest absolute Gasteiger partial charge is 0.257 e. The van der Waals surface area contributed by atoms with E-state index in [2.05, 4.69) is 22.5 Å². The van der Waals surface area contributed by atoms with Gasteiger partial charge < -0.3 is 10.6 Å². The topological polar surface area (TPSA) is 54.0 Å². The lowest BCUT2D eigenvalue weighted by atomic mass is 10.1. The molecule has 1 unspecified atom stereocenters. The van der Waals surface area contributed by atoms with Crippen LogP contribution in [0.25, 0.3) is 0 Å². The van der Waals surface area contributed by atoms with Gasteiger partial charge in [-0.2, -0.15) is 0 Å². The summed E-state index contributed by atoms with van der Waals surface area (Å²) in [4.78, 5) is 16.2. The molecule has 0 spiro atoms. The Balaban J connectivity index is 2.13. The van der Waals surface area contributed by atoms with Gasteiger partial charge in [0.05, 0.1) is 5.56 Å². The molecule has 0 aliphatic heterocycles. The van der Waals surface area contributed by atoms with Gasteiger partial charge in [0.25, 0.3) is 5.91 Å². The summed E-state index contributed by atoms with van der Waals surface area (Å²) >= 11 is 0. The second-order valence-electron chi connectivity index (χ2n) is 4.78. The number of amides is 1. The van der Waals surface area contributed by atoms with Gasteiger partial charge in [-0.3, -0.25) is 9.78 Å². The fraction of sp³-hybridized carbons (Fsp3) is 0.250. The number of hydrogen-bond donors (Lipinski definition) is 2. The van der Waals surface area contributed by atoms with Crippen LogP contribution in [0.3, 0.4) is 0 Å². The number of hydrogen-bond acceptors (Lipinski definition) is 3. The molecule has 1 atom stereocenters. The highest BCUT2D eigenvalue weighted by molar-refractivity contribution is 6.04. The maximum Gasteiger partial charge on any atom is 0.257 e. The zero-order valence-electron chi connectivity index (χ0n) is 12.0. The second-order valence-corrected chi connectivity index (χ2v) is 4.78. The number of pyridine rings is 1. The lowest BCUT2D eigenvalue weighted by molar-refractivity contribution is 0.102. The number of carbonyl (C=O) groups is 1. The molecule has 2 aromatic rings. The van der Waals surface area contributed by atoms with Crippen molar-refractivity contribution in [3.8, 4) is 0 Å². The predicted octanol–water partition coefficient (Wildman–Crippen LogP) is 2.92. The van der Waals surface area contributed by atoms with Gasteiger partial charge in [-0.05, 0) is 50.7 Å². The van der Waals surface area contributed by atoms with Crippen LogP contribution in [0.1, 0.15) is 34.6 Å². The van der Waals surface area contributed by atoms with Crippen molar-refractivity contribution in [2.45, 2.75) is 19.9 Å². The Bertz CT molecular complexity index is 593. The standard InChI is InChI=1S/C16H19N3O/c1-11-7-8-14(10-18-11)16(20)19-15-6-4-5-13(9-15)12(2)17-3/h4-10,12,17H,1-3H3,(H,19,20). The highest BCUT2D eigenvalue weighted by atomic mass is 16.1. The number of aryl methyl sites for hydroxylation is 1. The van der Waals surface area contributed by atoms with Crippen molar-refractivity contribution in [3.05, 3.63) is 59.4 Å². The highest BCUT2D eigenvalue weighted by Crippen LogP contribution is 2.17. The van der Waals surface area contributed by atoms with E-state index in [0.29, 0.717) is 5.56 Å². The zero-order chi connectivity index (χ0) is 14.5. The largest absolute Gasteiger partial charge is 0.322 e. The van der Waals surface area contributed by atoms with Gasteiger partial charge in [-0.15, -0.1) is 0 Å². The van der Waals surface area contributed by atoms with E-state index in [1.807, 2.05) is 44.3 Å². The number of nitrogens with one attached hydrogen (secondary N) is 2. The van der Waals surface area contributed by atoms with E-state index in [1.165, 1.54) is 0 Å². The number of aromatic nitrogens is 1. The molecular weight excluding hydrogens is 250 g/mol. The molecule has 1 aromatic heterocycles. The van der Waals surface area contributed by atoms with Crippen molar-refractivity contribution in [2.24, 2.45) is 0 Å². The van der Waals surface area contributed by atoms with Crippen LogP contribution < -0.4 is 10.6 Å². The fourth-order valence-corrected chi connectivity index (χ4v) is 1.86. The lowest BCUT2D eigenvalue weighted by Crippen LogP contribution is -2.14. The van der Waals surface area contributed by atoms with E-state index in [4.69, 9.17) is 0 Å². The van der Waals surface area contributed by atoms with Crippen LogP contribution >= 0.6 is 0 Å². The van der Waals surface area contributed by atoms with Crippen LogP contribution in [0.2, 0.25) is 0 Å². The molecule has 0 saturated heterocycles. The first-order chi connectivity index (χ1) is 9.60. The number of nitrogens with zero attached hydrogens (tertiary/aromatic N) is 1. The molecule has 0 bridgehead atoms. The summed E-state index contributed by atoms with van der Waals surface area (Å²) < 4.78 is 0. The minimum atomic E-state index is -0.147. The molecule has 1 heterocycles. The molecule has 1 amide bonds. The van der Waals surface area contributed by atoms with Crippen LogP contribution in [0.5, 0.6) is 0 Å². The van der Waals surface area contributed by atoms with Crippen LogP contribution in [-0.4, -0.2) is 17.9 Å². The van der Waals surface area contributed by atoms with Crippen molar-refractivity contribution in [2.75, 3.05) is 12.4 Å². The molecule has 2 rings (SSSR count). The summed E-state index contributed by atoms with van der Waals surface area (Å²) in [5.74, 6) is -0.147. The molecule has 2 N–H and O–H groups in total. The number of carbonyl (C=O) groups excluding carboxylic acids is 1. The van der Waals surface area contributed by atoms with Gasteiger partial charge in [-0.25, -0.2) is 0 Å². The van der Waals surface area contributed by atoms with Crippen molar-refractivity contribution in [1.29, 1.82) is 0 Å². The molecule has 104 valence electrons. The zero-order valence-corrected chi connectivity index (χ0v) is 12.0. The minimum Gasteiger partial charge on any atom is -0.322 e. The molecule has 0 fully saturated rings. The van der Waals surface area contributed by atoms with E-state index in [-0.39, 0.29) is 11.9 Å². The van der Waals surface area contributed by atoms with Gasteiger partial charge in [0.1, 0.15) is 0 Å². The molecule has 4 heteroatoms. The molecule has 1 aromatic carbocycles. The SMILES string of the molecule is CNC(C)c1cccc(NC(=O)c2ccc(C)nc2)c1. The van der Waals surface area contributed by atoms with Crippen molar-refractivity contribution in [1.82, 2.24) is 10.3 Å². The quantitative estimate of drug-likeness (QED) is 0.897. The predicted molar refractivity (Wildman–Crippen MR) is 80.8 cm³/mol. The lowest BCUT2D eigenvalue weighted by Gasteiger charge is -2.12. The molecule has 20 heavy (non-hydrogen) atoms. The van der Waals surface area contributed by atoms with Crippen LogP contribution in [-0.2, 0) is 0 Å². The maximum atomic E-state index is 12.1. The average molecular weight is 269 g/mol. The van der Waals surface area contributed by atoms with Gasteiger partial charge >= 0.3 is 0 Å². The average Bonchev–Trinajstić information content (AvgIpc) is 2.47. The van der Waals surface area contributed by atoms with E-state index in [0.717, 1.165) is 16.9 Å². The fourth-order valence-electron chi connectivity index (χ4n) is 1.86. The normalized spacial score (nSPS) is 11.9. The van der Waals surface area contributed by atoms with Gasteiger partial charge in [0.2, 0.25) is 0 Å². The second kappa shape index (κ2) is 6.30. The maximum absolute atomic E-state index is 12.1. The van der Waals surface area contributed by atoms with E-state index < -0.39 is 0 Å². The molecule has 4 nitrogen and oxygen atoms in total. The Morgan fingerprint density at radius 1 is 1.25 bits per heavy atom. The third kappa shape index (κ3) is 3.42. The van der Waals surface area contributed by atoms with Gasteiger partial charge in [0.15, 0.2) is 0 Å². The van der Waals surface area contributed by atoms with E-state index >= 15 is 0 Å². The summed E-state index contributed by atoms with van der Waals surface area (Å²) in [5, 5.41) is 6.07. The Morgan fingerprint density at radius 2 is 2.05 bits per heavy atom. The summed E-state index contributed by atoms with van der Waals surface area (Å²) in [6, 6.07) is 11.7. The highest BCUT2D eigenvalue weighted by Gasteiger charge is 2.08. The molecule has 0 aliphatic carbocycles. The summed E-state index contributed by atoms with van der Waals surface area (Å²) in [6.45, 7) is 3.97. The first-order valence-corrected chi connectivity index (χ1v) is 6.61. The third-order valence-electron chi connectivity index (χ3n) is 3.25.